The Hall–Kier alpha value is -1.60. The molecule has 0 unspecified atom stereocenters. The van der Waals surface area contributed by atoms with Crippen LogP contribution in [0, 0.1) is 13.8 Å². The summed E-state index contributed by atoms with van der Waals surface area (Å²) in [7, 11) is 1.80. The summed E-state index contributed by atoms with van der Waals surface area (Å²) in [5.74, 6) is 0.0329. The van der Waals surface area contributed by atoms with Crippen molar-refractivity contribution in [2.75, 3.05) is 13.3 Å². The highest BCUT2D eigenvalue weighted by molar-refractivity contribution is 7.98. The van der Waals surface area contributed by atoms with Crippen molar-refractivity contribution in [3.63, 3.8) is 0 Å². The van der Waals surface area contributed by atoms with Crippen LogP contribution >= 0.6 is 23.1 Å². The smallest absolute Gasteiger partial charge is 0.254 e. The van der Waals surface area contributed by atoms with Crippen molar-refractivity contribution in [1.82, 2.24) is 14.9 Å². The first-order valence-corrected chi connectivity index (χ1v) is 9.43. The Morgan fingerprint density at radius 2 is 2.17 bits per heavy atom. The highest BCUT2D eigenvalue weighted by Crippen LogP contribution is 2.18. The minimum Gasteiger partial charge on any atom is -0.341 e. The molecule has 0 saturated carbocycles. The summed E-state index contributed by atoms with van der Waals surface area (Å²) in [5.41, 5.74) is 2.35. The van der Waals surface area contributed by atoms with Crippen molar-refractivity contribution in [2.24, 2.45) is 0 Å². The van der Waals surface area contributed by atoms with Gasteiger partial charge in [0.15, 0.2) is 5.16 Å². The number of carbonyl (C=O) groups is 1. The number of rotatable bonds is 6. The zero-order chi connectivity index (χ0) is 17.0. The molecule has 2 aromatic heterocycles. The second-order valence-electron chi connectivity index (χ2n) is 5.42. The van der Waals surface area contributed by atoms with E-state index in [4.69, 9.17) is 0 Å². The Morgan fingerprint density at radius 3 is 2.74 bits per heavy atom. The minimum atomic E-state index is -0.147. The minimum absolute atomic E-state index is 0.0329. The van der Waals surface area contributed by atoms with Gasteiger partial charge in [-0.15, -0.1) is 11.3 Å². The first-order valence-electron chi connectivity index (χ1n) is 7.33. The number of H-pyrrole nitrogens is 1. The molecule has 0 aliphatic heterocycles. The third kappa shape index (κ3) is 4.45. The average Bonchev–Trinajstić information content (AvgIpc) is 2.91. The molecule has 0 radical (unpaired) electrons. The lowest BCUT2D eigenvalue weighted by molar-refractivity contribution is -0.130. The fraction of sp³-hybridized carbons (Fsp3) is 0.438. The van der Waals surface area contributed by atoms with Crippen LogP contribution in [0.5, 0.6) is 0 Å². The van der Waals surface area contributed by atoms with Gasteiger partial charge in [0.25, 0.3) is 5.56 Å². The van der Waals surface area contributed by atoms with E-state index >= 15 is 0 Å². The molecule has 23 heavy (non-hydrogen) atoms. The van der Waals surface area contributed by atoms with Gasteiger partial charge in [-0.05, 0) is 43.5 Å². The number of aromatic nitrogens is 2. The third-order valence-electron chi connectivity index (χ3n) is 3.76. The molecule has 0 fully saturated rings. The fourth-order valence-corrected chi connectivity index (χ4v) is 3.65. The average molecular weight is 351 g/mol. The number of aryl methyl sites for hydroxylation is 2. The zero-order valence-corrected chi connectivity index (χ0v) is 15.4. The van der Waals surface area contributed by atoms with Crippen LogP contribution in [0.1, 0.15) is 28.1 Å². The van der Waals surface area contributed by atoms with Crippen LogP contribution in [0.4, 0.5) is 0 Å². The molecule has 5 nitrogen and oxygen atoms in total. The van der Waals surface area contributed by atoms with Crippen molar-refractivity contribution in [1.29, 1.82) is 0 Å². The molecule has 0 atom stereocenters. The molecule has 0 aliphatic carbocycles. The van der Waals surface area contributed by atoms with E-state index in [-0.39, 0.29) is 11.5 Å². The number of nitrogens with one attached hydrogen (secondary N) is 1. The summed E-state index contributed by atoms with van der Waals surface area (Å²) >= 11 is 3.06. The second-order valence-corrected chi connectivity index (χ2v) is 7.21. The van der Waals surface area contributed by atoms with Crippen molar-refractivity contribution < 1.29 is 4.79 Å². The number of amides is 1. The molecule has 2 heterocycles. The zero-order valence-electron chi connectivity index (χ0n) is 13.8. The van der Waals surface area contributed by atoms with Crippen LogP contribution < -0.4 is 5.56 Å². The van der Waals surface area contributed by atoms with E-state index in [2.05, 4.69) is 16.0 Å². The van der Waals surface area contributed by atoms with Crippen LogP contribution in [0.3, 0.4) is 0 Å². The highest BCUT2D eigenvalue weighted by atomic mass is 32.2. The first-order chi connectivity index (χ1) is 10.9. The molecular formula is C16H21N3O2S2. The molecule has 0 aliphatic rings. The SMILES string of the molecule is CSc1nc(C)c(CCC(=O)N(C)Cc2sccc2C)c(=O)[nH]1. The predicted octanol–water partition coefficient (Wildman–Crippen LogP) is 2.76. The van der Waals surface area contributed by atoms with E-state index in [0.29, 0.717) is 35.8 Å². The Kier molecular flexibility index (Phi) is 6.01. The Morgan fingerprint density at radius 1 is 1.43 bits per heavy atom. The Balaban J connectivity index is 1.99. The summed E-state index contributed by atoms with van der Waals surface area (Å²) < 4.78 is 0. The van der Waals surface area contributed by atoms with E-state index in [1.807, 2.05) is 25.5 Å². The lowest BCUT2D eigenvalue weighted by Crippen LogP contribution is -2.27. The van der Waals surface area contributed by atoms with Crippen molar-refractivity contribution in [3.8, 4) is 0 Å². The van der Waals surface area contributed by atoms with Gasteiger partial charge < -0.3 is 9.88 Å². The number of aromatic amines is 1. The van der Waals surface area contributed by atoms with Crippen molar-refractivity contribution in [2.45, 2.75) is 38.4 Å². The lowest BCUT2D eigenvalue weighted by Gasteiger charge is -2.17. The second kappa shape index (κ2) is 7.79. The topological polar surface area (TPSA) is 66.1 Å². The van der Waals surface area contributed by atoms with Crippen LogP contribution in [0.2, 0.25) is 0 Å². The van der Waals surface area contributed by atoms with E-state index in [1.54, 1.807) is 23.3 Å². The largest absolute Gasteiger partial charge is 0.341 e. The van der Waals surface area contributed by atoms with Gasteiger partial charge in [-0.25, -0.2) is 4.98 Å². The molecule has 1 amide bonds. The maximum Gasteiger partial charge on any atom is 0.254 e. The van der Waals surface area contributed by atoms with Gasteiger partial charge in [0.1, 0.15) is 0 Å². The van der Waals surface area contributed by atoms with Crippen molar-refractivity contribution in [3.05, 3.63) is 43.5 Å². The summed E-state index contributed by atoms with van der Waals surface area (Å²) in [6, 6.07) is 2.06. The maximum absolute atomic E-state index is 12.3. The number of nitrogens with zero attached hydrogens (tertiary/aromatic N) is 2. The molecule has 0 spiro atoms. The summed E-state index contributed by atoms with van der Waals surface area (Å²) in [5, 5.41) is 2.64. The standard InChI is InChI=1S/C16H21N3O2S2/c1-10-7-8-23-13(10)9-19(3)14(20)6-5-12-11(2)17-16(22-4)18-15(12)21/h7-8H,5-6,9H2,1-4H3,(H,17,18,21). The monoisotopic (exact) mass is 351 g/mol. The lowest BCUT2D eigenvalue weighted by atomic mass is 10.1. The van der Waals surface area contributed by atoms with Gasteiger partial charge in [0.05, 0.1) is 6.54 Å². The quantitative estimate of drug-likeness (QED) is 0.642. The molecule has 2 rings (SSSR count). The number of thiophene rings is 1. The van der Waals surface area contributed by atoms with Gasteiger partial charge in [-0.3, -0.25) is 9.59 Å². The van der Waals surface area contributed by atoms with Gasteiger partial charge in [0.2, 0.25) is 5.91 Å². The van der Waals surface area contributed by atoms with Gasteiger partial charge >= 0.3 is 0 Å². The molecule has 124 valence electrons. The van der Waals surface area contributed by atoms with Gasteiger partial charge in [0, 0.05) is 29.6 Å². The number of hydrogen-bond donors (Lipinski definition) is 1. The highest BCUT2D eigenvalue weighted by Gasteiger charge is 2.14. The molecule has 0 bridgehead atoms. The third-order valence-corrected chi connectivity index (χ3v) is 5.35. The summed E-state index contributed by atoms with van der Waals surface area (Å²) in [4.78, 5) is 34.3. The van der Waals surface area contributed by atoms with E-state index in [9.17, 15) is 9.59 Å². The number of hydrogen-bond acceptors (Lipinski definition) is 5. The van der Waals surface area contributed by atoms with E-state index in [0.717, 1.165) is 0 Å². The molecular weight excluding hydrogens is 330 g/mol. The molecule has 7 heteroatoms. The van der Waals surface area contributed by atoms with Gasteiger partial charge in [-0.1, -0.05) is 11.8 Å². The Bertz CT molecular complexity index is 752. The Labute approximate surface area is 144 Å². The molecule has 0 aromatic carbocycles. The van der Waals surface area contributed by atoms with Crippen molar-refractivity contribution >= 4 is 29.0 Å². The van der Waals surface area contributed by atoms with Crippen LogP contribution in [-0.4, -0.2) is 34.1 Å². The summed E-state index contributed by atoms with van der Waals surface area (Å²) in [6.07, 6.45) is 2.59. The predicted molar refractivity (Wildman–Crippen MR) is 95.2 cm³/mol. The maximum atomic E-state index is 12.3. The number of thioether (sulfide) groups is 1. The molecule has 0 saturated heterocycles. The van der Waals surface area contributed by atoms with E-state index < -0.39 is 0 Å². The van der Waals surface area contributed by atoms with Crippen LogP contribution in [0.25, 0.3) is 0 Å². The normalized spacial score (nSPS) is 10.8. The molecule has 1 N–H and O–H groups in total. The van der Waals surface area contributed by atoms with E-state index in [1.165, 1.54) is 22.2 Å². The van der Waals surface area contributed by atoms with Gasteiger partial charge in [-0.2, -0.15) is 0 Å². The summed E-state index contributed by atoms with van der Waals surface area (Å²) in [6.45, 7) is 4.47. The fourth-order valence-electron chi connectivity index (χ4n) is 2.27. The first kappa shape index (κ1) is 17.7. The van der Waals surface area contributed by atoms with Crippen LogP contribution in [0.15, 0.2) is 21.4 Å². The molecule has 2 aromatic rings. The van der Waals surface area contributed by atoms with Crippen LogP contribution in [-0.2, 0) is 17.8 Å². The number of carbonyl (C=O) groups excluding carboxylic acids is 1.